The molecule has 0 saturated carbocycles. The molecule has 0 bridgehead atoms. The van der Waals surface area contributed by atoms with E-state index in [-0.39, 0.29) is 6.04 Å². The van der Waals surface area contributed by atoms with Crippen LogP contribution in [-0.4, -0.2) is 21.0 Å². The highest BCUT2D eigenvalue weighted by atomic mass is 79.9. The third kappa shape index (κ3) is 2.84. The number of thioether (sulfide) groups is 1. The predicted molar refractivity (Wildman–Crippen MR) is 100 cm³/mol. The van der Waals surface area contributed by atoms with Crippen LogP contribution in [0.2, 0.25) is 0 Å². The smallest absolute Gasteiger partial charge is 0.226 e. The molecule has 1 atom stereocenters. The van der Waals surface area contributed by atoms with E-state index < -0.39 is 0 Å². The molecule has 7 heteroatoms. The quantitative estimate of drug-likeness (QED) is 0.631. The number of allylic oxidation sites excluding steroid dienone is 1. The van der Waals surface area contributed by atoms with Gasteiger partial charge in [0.2, 0.25) is 5.95 Å². The summed E-state index contributed by atoms with van der Waals surface area (Å²) in [5.41, 5.74) is 2.27. The maximum absolute atomic E-state index is 4.38. The molecule has 0 aliphatic carbocycles. The lowest BCUT2D eigenvalue weighted by atomic mass is 10.0. The number of aromatic nitrogens is 3. The number of hydrogen-bond donors (Lipinski definition) is 1. The second kappa shape index (κ2) is 6.14. The number of fused-ring (bicyclic) bond motifs is 1. The SMILES string of the molecule is CSc1ccc([C@@H]2C=C(c3ccc(Br)s3)Nc3ncnn32)cc1. The summed E-state index contributed by atoms with van der Waals surface area (Å²) in [6.07, 6.45) is 5.88. The van der Waals surface area contributed by atoms with Gasteiger partial charge < -0.3 is 5.32 Å². The van der Waals surface area contributed by atoms with Crippen LogP contribution in [0.3, 0.4) is 0 Å². The highest BCUT2D eigenvalue weighted by Gasteiger charge is 2.23. The summed E-state index contributed by atoms with van der Waals surface area (Å²) in [6, 6.07) is 12.8. The van der Waals surface area contributed by atoms with Crippen molar-refractivity contribution >= 4 is 50.7 Å². The Bertz CT molecular complexity index is 866. The number of thiophene rings is 1. The van der Waals surface area contributed by atoms with Crippen LogP contribution < -0.4 is 5.32 Å². The van der Waals surface area contributed by atoms with Crippen molar-refractivity contribution < 1.29 is 0 Å². The topological polar surface area (TPSA) is 42.7 Å². The van der Waals surface area contributed by atoms with Gasteiger partial charge in [0.15, 0.2) is 0 Å². The molecular weight excluding hydrogens is 392 g/mol. The zero-order valence-corrected chi connectivity index (χ0v) is 15.5. The van der Waals surface area contributed by atoms with Crippen LogP contribution >= 0.6 is 39.0 Å². The Kier molecular flexibility index (Phi) is 4.00. The van der Waals surface area contributed by atoms with Crippen LogP contribution in [0, 0.1) is 0 Å². The van der Waals surface area contributed by atoms with Gasteiger partial charge in [-0.25, -0.2) is 4.68 Å². The minimum absolute atomic E-state index is 0.0422. The van der Waals surface area contributed by atoms with E-state index in [4.69, 9.17) is 0 Å². The van der Waals surface area contributed by atoms with E-state index in [1.807, 2.05) is 4.68 Å². The van der Waals surface area contributed by atoms with E-state index in [9.17, 15) is 0 Å². The second-order valence-corrected chi connectivity index (χ2v) is 8.40. The number of nitrogens with zero attached hydrogens (tertiary/aromatic N) is 3. The lowest BCUT2D eigenvalue weighted by Crippen LogP contribution is -2.19. The van der Waals surface area contributed by atoms with Crippen LogP contribution in [0.1, 0.15) is 16.5 Å². The van der Waals surface area contributed by atoms with Crippen molar-refractivity contribution in [1.29, 1.82) is 0 Å². The van der Waals surface area contributed by atoms with Gasteiger partial charge in [-0.05, 0) is 58.1 Å². The monoisotopic (exact) mass is 404 g/mol. The molecule has 1 N–H and O–H groups in total. The average Bonchev–Trinajstić information content (AvgIpc) is 3.22. The molecular formula is C16H13BrN4S2. The molecule has 1 aliphatic rings. The predicted octanol–water partition coefficient (Wildman–Crippen LogP) is 4.88. The molecule has 4 nitrogen and oxygen atoms in total. The fourth-order valence-corrected chi connectivity index (χ4v) is 4.35. The van der Waals surface area contributed by atoms with E-state index in [0.29, 0.717) is 0 Å². The van der Waals surface area contributed by atoms with Crippen molar-refractivity contribution in [3.63, 3.8) is 0 Å². The molecule has 0 amide bonds. The van der Waals surface area contributed by atoms with Gasteiger partial charge in [-0.2, -0.15) is 10.1 Å². The number of hydrogen-bond acceptors (Lipinski definition) is 5. The zero-order chi connectivity index (χ0) is 15.8. The molecule has 2 aromatic heterocycles. The molecule has 0 unspecified atom stereocenters. The average molecular weight is 405 g/mol. The minimum Gasteiger partial charge on any atom is -0.323 e. The molecule has 3 aromatic rings. The van der Waals surface area contributed by atoms with Gasteiger partial charge in [-0.15, -0.1) is 23.1 Å². The third-order valence-corrected chi connectivity index (χ3v) is 6.10. The van der Waals surface area contributed by atoms with Crippen molar-refractivity contribution in [2.45, 2.75) is 10.9 Å². The van der Waals surface area contributed by atoms with Gasteiger partial charge in [-0.3, -0.25) is 0 Å². The van der Waals surface area contributed by atoms with E-state index in [1.54, 1.807) is 29.4 Å². The molecule has 1 aliphatic heterocycles. The normalized spacial score (nSPS) is 16.6. The Morgan fingerprint density at radius 3 is 2.74 bits per heavy atom. The van der Waals surface area contributed by atoms with E-state index >= 15 is 0 Å². The van der Waals surface area contributed by atoms with Gasteiger partial charge in [0.05, 0.1) is 14.4 Å². The van der Waals surface area contributed by atoms with E-state index in [2.05, 4.69) is 80.1 Å². The maximum Gasteiger partial charge on any atom is 0.226 e. The number of halogens is 1. The molecule has 3 heterocycles. The van der Waals surface area contributed by atoms with Gasteiger partial charge in [-0.1, -0.05) is 12.1 Å². The summed E-state index contributed by atoms with van der Waals surface area (Å²) in [5, 5.41) is 7.74. The molecule has 23 heavy (non-hydrogen) atoms. The molecule has 4 rings (SSSR count). The van der Waals surface area contributed by atoms with Crippen molar-refractivity contribution in [1.82, 2.24) is 14.8 Å². The van der Waals surface area contributed by atoms with Gasteiger partial charge in [0.25, 0.3) is 0 Å². The Balaban J connectivity index is 1.78. The summed E-state index contributed by atoms with van der Waals surface area (Å²) < 4.78 is 3.03. The first-order chi connectivity index (χ1) is 11.2. The van der Waals surface area contributed by atoms with Crippen molar-refractivity contribution in [3.8, 4) is 0 Å². The fourth-order valence-electron chi connectivity index (χ4n) is 2.57. The van der Waals surface area contributed by atoms with Crippen molar-refractivity contribution in [2.24, 2.45) is 0 Å². The summed E-state index contributed by atoms with van der Waals surface area (Å²) in [5.74, 6) is 0.769. The minimum atomic E-state index is 0.0422. The van der Waals surface area contributed by atoms with E-state index in [0.717, 1.165) is 15.4 Å². The van der Waals surface area contributed by atoms with Gasteiger partial charge >= 0.3 is 0 Å². The molecule has 0 spiro atoms. The van der Waals surface area contributed by atoms with E-state index in [1.165, 1.54) is 15.3 Å². The summed E-state index contributed by atoms with van der Waals surface area (Å²) >= 11 is 6.97. The molecule has 0 radical (unpaired) electrons. The zero-order valence-electron chi connectivity index (χ0n) is 12.2. The Hall–Kier alpha value is -1.57. The first kappa shape index (κ1) is 15.0. The number of nitrogens with one attached hydrogen (secondary N) is 1. The van der Waals surface area contributed by atoms with Gasteiger partial charge in [0.1, 0.15) is 12.4 Å². The number of anilines is 1. The van der Waals surface area contributed by atoms with Crippen LogP contribution in [-0.2, 0) is 0 Å². The third-order valence-electron chi connectivity index (χ3n) is 3.70. The number of rotatable bonds is 3. The number of benzene rings is 1. The first-order valence-electron chi connectivity index (χ1n) is 7.02. The van der Waals surface area contributed by atoms with Crippen LogP contribution in [0.5, 0.6) is 0 Å². The van der Waals surface area contributed by atoms with Crippen molar-refractivity contribution in [2.75, 3.05) is 11.6 Å². The van der Waals surface area contributed by atoms with Crippen LogP contribution in [0.25, 0.3) is 5.70 Å². The maximum atomic E-state index is 4.38. The highest BCUT2D eigenvalue weighted by molar-refractivity contribution is 9.11. The molecule has 0 saturated heterocycles. The van der Waals surface area contributed by atoms with Crippen LogP contribution in [0.4, 0.5) is 5.95 Å². The van der Waals surface area contributed by atoms with Crippen molar-refractivity contribution in [3.05, 3.63) is 63.0 Å². The standard InChI is InChI=1S/C16H13BrN4S2/c1-22-11-4-2-10(3-5-11)13-8-12(14-6-7-15(17)23-14)20-16-18-9-19-21(13)16/h2-9,13H,1H3,(H,18,19,20)/t13-/m0/s1. The fraction of sp³-hybridized carbons (Fsp3) is 0.125. The summed E-state index contributed by atoms with van der Waals surface area (Å²) in [4.78, 5) is 6.77. The lowest BCUT2D eigenvalue weighted by molar-refractivity contribution is 0.611. The molecule has 0 fully saturated rings. The largest absolute Gasteiger partial charge is 0.323 e. The molecule has 116 valence electrons. The first-order valence-corrected chi connectivity index (χ1v) is 9.86. The van der Waals surface area contributed by atoms with Gasteiger partial charge in [0, 0.05) is 4.90 Å². The lowest BCUT2D eigenvalue weighted by Gasteiger charge is -2.23. The summed E-state index contributed by atoms with van der Waals surface area (Å²) in [6.45, 7) is 0. The molecule has 1 aromatic carbocycles. The Morgan fingerprint density at radius 2 is 2.04 bits per heavy atom. The van der Waals surface area contributed by atoms with Crippen LogP contribution in [0.15, 0.2) is 57.5 Å². The second-order valence-electron chi connectivity index (χ2n) is 5.06. The Labute approximate surface area is 150 Å². The Morgan fingerprint density at radius 1 is 1.22 bits per heavy atom. The summed E-state index contributed by atoms with van der Waals surface area (Å²) in [7, 11) is 0. The highest BCUT2D eigenvalue weighted by Crippen LogP contribution is 2.35.